The number of hydrogen-bond acceptors (Lipinski definition) is 7. The Morgan fingerprint density at radius 1 is 0.971 bits per heavy atom. The quantitative estimate of drug-likeness (QED) is 0.152. The van der Waals surface area contributed by atoms with E-state index in [1.165, 1.54) is 40.6 Å². The molecular formula is C21H26NO10PS. The Labute approximate surface area is 199 Å². The smallest absolute Gasteiger partial charge is 0.334 e. The van der Waals surface area contributed by atoms with Gasteiger partial charge in [-0.05, 0) is 29.8 Å². The van der Waals surface area contributed by atoms with Gasteiger partial charge in [0.25, 0.3) is 0 Å². The lowest BCUT2D eigenvalue weighted by Crippen LogP contribution is -2.17. The Morgan fingerprint density at radius 2 is 1.56 bits per heavy atom. The van der Waals surface area contributed by atoms with Gasteiger partial charge in [-0.2, -0.15) is 0 Å². The summed E-state index contributed by atoms with van der Waals surface area (Å²) in [5.74, 6) is -0.231. The lowest BCUT2D eigenvalue weighted by atomic mass is 10.0. The van der Waals surface area contributed by atoms with Crippen LogP contribution in [0.2, 0.25) is 0 Å². The Kier molecular flexibility index (Phi) is 9.66. The summed E-state index contributed by atoms with van der Waals surface area (Å²) >= 11 is -2.28. The third kappa shape index (κ3) is 7.05. The average molecular weight is 515 g/mol. The van der Waals surface area contributed by atoms with E-state index in [1.807, 2.05) is 0 Å². The predicted molar refractivity (Wildman–Crippen MR) is 127 cm³/mol. The molecule has 4 N–H and O–H groups in total. The maximum absolute atomic E-state index is 12.1. The van der Waals surface area contributed by atoms with E-state index in [9.17, 15) is 18.1 Å². The van der Waals surface area contributed by atoms with Crippen molar-refractivity contribution < 1.29 is 46.9 Å². The molecular weight excluding hydrogens is 489 g/mol. The van der Waals surface area contributed by atoms with Crippen molar-refractivity contribution in [2.75, 3.05) is 39.9 Å². The molecule has 0 radical (unpaired) electrons. The van der Waals surface area contributed by atoms with Crippen LogP contribution in [0.4, 0.5) is 5.69 Å². The number of para-hydroxylation sites is 1. The van der Waals surface area contributed by atoms with Crippen LogP contribution in [-0.2, 0) is 35.7 Å². The minimum Gasteiger partial charge on any atom is -0.496 e. The SMILES string of the molecule is COC(=C(OC)c1ccccc1OC)c1cc(OC)c(NC(=O)CP(=O)(O)O)cc1CS(=O)O. The summed E-state index contributed by atoms with van der Waals surface area (Å²) in [6, 6.07) is 9.85. The summed E-state index contributed by atoms with van der Waals surface area (Å²) in [6.45, 7) is 0. The number of nitrogens with one attached hydrogen (secondary N) is 1. The highest BCUT2D eigenvalue weighted by molar-refractivity contribution is 7.78. The fourth-order valence-corrected chi connectivity index (χ4v) is 4.17. The number of carbonyl (C=O) groups is 1. The maximum Gasteiger partial charge on any atom is 0.334 e. The van der Waals surface area contributed by atoms with Crippen molar-refractivity contribution in [3.05, 3.63) is 53.1 Å². The molecule has 0 aliphatic rings. The molecule has 0 aromatic heterocycles. The Balaban J connectivity index is 2.74. The van der Waals surface area contributed by atoms with Gasteiger partial charge in [-0.15, -0.1) is 0 Å². The number of ether oxygens (including phenoxy) is 4. The number of benzene rings is 2. The summed E-state index contributed by atoms with van der Waals surface area (Å²) in [4.78, 5) is 30.2. The Bertz CT molecular complexity index is 1140. The number of carbonyl (C=O) groups excluding carboxylic acids is 1. The summed E-state index contributed by atoms with van der Waals surface area (Å²) in [6.07, 6.45) is -1.04. The van der Waals surface area contributed by atoms with Crippen molar-refractivity contribution in [3.8, 4) is 11.5 Å². The normalized spacial score (nSPS) is 12.9. The summed E-state index contributed by atoms with van der Waals surface area (Å²) in [5, 5.41) is 2.36. The molecule has 11 nitrogen and oxygen atoms in total. The van der Waals surface area contributed by atoms with Gasteiger partial charge in [0, 0.05) is 5.56 Å². The molecule has 2 aromatic rings. The first-order valence-electron chi connectivity index (χ1n) is 9.63. The van der Waals surface area contributed by atoms with Crippen molar-refractivity contribution >= 4 is 41.8 Å². The fourth-order valence-electron chi connectivity index (χ4n) is 3.21. The van der Waals surface area contributed by atoms with Crippen molar-refractivity contribution in [2.24, 2.45) is 0 Å². The van der Waals surface area contributed by atoms with Crippen LogP contribution in [0.5, 0.6) is 11.5 Å². The Hall–Kier alpha value is -2.89. The third-order valence-corrected chi connectivity index (χ3v) is 5.80. The molecule has 2 rings (SSSR count). The summed E-state index contributed by atoms with van der Waals surface area (Å²) in [5.41, 5.74) is 1.21. The van der Waals surface area contributed by atoms with Crippen LogP contribution in [0, 0.1) is 0 Å². The van der Waals surface area contributed by atoms with Crippen LogP contribution in [0.3, 0.4) is 0 Å². The van der Waals surface area contributed by atoms with Crippen LogP contribution in [0.15, 0.2) is 36.4 Å². The molecule has 1 unspecified atom stereocenters. The van der Waals surface area contributed by atoms with E-state index in [4.69, 9.17) is 28.7 Å². The van der Waals surface area contributed by atoms with Crippen molar-refractivity contribution in [1.82, 2.24) is 0 Å². The third-order valence-electron chi connectivity index (χ3n) is 4.54. The standard InChI is InChI=1S/C21H26NO10PS/c1-29-17-8-6-5-7-14(17)20(31-3)21(32-4)15-10-18(30-2)16(9-13(15)12-34(27)28)22-19(23)11-33(24,25)26/h5-10H,11-12H2,1-4H3,(H,22,23)(H,27,28)(H2,24,25,26). The molecule has 2 aromatic carbocycles. The van der Waals surface area contributed by atoms with Gasteiger partial charge in [-0.3, -0.25) is 9.36 Å². The van der Waals surface area contributed by atoms with Crippen LogP contribution < -0.4 is 14.8 Å². The molecule has 0 heterocycles. The number of methoxy groups -OCH3 is 4. The topological polar surface area (TPSA) is 161 Å². The van der Waals surface area contributed by atoms with Gasteiger partial charge < -0.3 is 38.6 Å². The largest absolute Gasteiger partial charge is 0.496 e. The first-order chi connectivity index (χ1) is 16.0. The van der Waals surface area contributed by atoms with Gasteiger partial charge in [0.15, 0.2) is 22.6 Å². The first-order valence-corrected chi connectivity index (χ1v) is 12.7. The monoisotopic (exact) mass is 515 g/mol. The molecule has 186 valence electrons. The zero-order chi connectivity index (χ0) is 25.5. The highest BCUT2D eigenvalue weighted by Gasteiger charge is 2.24. The van der Waals surface area contributed by atoms with Crippen LogP contribution >= 0.6 is 7.60 Å². The van der Waals surface area contributed by atoms with Gasteiger partial charge in [0.2, 0.25) is 5.91 Å². The van der Waals surface area contributed by atoms with Gasteiger partial charge in [0.1, 0.15) is 17.7 Å². The molecule has 13 heteroatoms. The number of rotatable bonds is 11. The van der Waals surface area contributed by atoms with E-state index in [0.717, 1.165) is 0 Å². The van der Waals surface area contributed by atoms with Gasteiger partial charge in [-0.1, -0.05) is 12.1 Å². The molecule has 0 bridgehead atoms. The summed E-state index contributed by atoms with van der Waals surface area (Å²) < 4.78 is 54.4. The van der Waals surface area contributed by atoms with E-state index in [1.54, 1.807) is 24.3 Å². The predicted octanol–water partition coefficient (Wildman–Crippen LogP) is 2.66. The molecule has 0 fully saturated rings. The summed E-state index contributed by atoms with van der Waals surface area (Å²) in [7, 11) is 1.05. The molecule has 0 saturated heterocycles. The van der Waals surface area contributed by atoms with Crippen molar-refractivity contribution in [2.45, 2.75) is 5.75 Å². The van der Waals surface area contributed by atoms with Gasteiger partial charge in [-0.25, -0.2) is 4.21 Å². The number of amides is 1. The second kappa shape index (κ2) is 12.0. The van der Waals surface area contributed by atoms with E-state index >= 15 is 0 Å². The Morgan fingerprint density at radius 3 is 2.09 bits per heavy atom. The van der Waals surface area contributed by atoms with Crippen LogP contribution in [0.25, 0.3) is 11.5 Å². The highest BCUT2D eigenvalue weighted by Crippen LogP contribution is 2.39. The zero-order valence-electron chi connectivity index (χ0n) is 18.9. The molecule has 0 aliphatic heterocycles. The molecule has 1 amide bonds. The van der Waals surface area contributed by atoms with Crippen molar-refractivity contribution in [3.63, 3.8) is 0 Å². The minimum absolute atomic E-state index is 0.0526. The molecule has 0 saturated carbocycles. The second-order valence-corrected chi connectivity index (χ2v) is 9.39. The fraction of sp³-hybridized carbons (Fsp3) is 0.286. The lowest BCUT2D eigenvalue weighted by molar-refractivity contribution is -0.114. The first kappa shape index (κ1) is 27.4. The molecule has 0 spiro atoms. The second-order valence-electron chi connectivity index (χ2n) is 6.81. The maximum atomic E-state index is 12.1. The average Bonchev–Trinajstić information content (AvgIpc) is 2.76. The van der Waals surface area contributed by atoms with E-state index in [-0.39, 0.29) is 34.3 Å². The van der Waals surface area contributed by atoms with Gasteiger partial charge in [0.05, 0.1) is 45.4 Å². The van der Waals surface area contributed by atoms with E-state index < -0.39 is 30.7 Å². The lowest BCUT2D eigenvalue weighted by Gasteiger charge is -2.20. The van der Waals surface area contributed by atoms with Crippen molar-refractivity contribution in [1.29, 1.82) is 0 Å². The highest BCUT2D eigenvalue weighted by atomic mass is 32.2. The molecule has 34 heavy (non-hydrogen) atoms. The zero-order valence-corrected chi connectivity index (χ0v) is 20.6. The van der Waals surface area contributed by atoms with Gasteiger partial charge >= 0.3 is 7.60 Å². The van der Waals surface area contributed by atoms with E-state index in [0.29, 0.717) is 16.9 Å². The molecule has 1 atom stereocenters. The number of hydrogen-bond donors (Lipinski definition) is 4. The van der Waals surface area contributed by atoms with E-state index in [2.05, 4.69) is 5.32 Å². The van der Waals surface area contributed by atoms with Crippen LogP contribution in [-0.4, -0.2) is 59.1 Å². The number of anilines is 1. The van der Waals surface area contributed by atoms with Crippen LogP contribution in [0.1, 0.15) is 16.7 Å². The minimum atomic E-state index is -4.60. The molecule has 0 aliphatic carbocycles.